The van der Waals surface area contributed by atoms with Gasteiger partial charge in [-0.05, 0) is 12.2 Å². The van der Waals surface area contributed by atoms with Crippen molar-refractivity contribution in [1.29, 1.82) is 0 Å². The predicted octanol–water partition coefficient (Wildman–Crippen LogP) is 2.09. The van der Waals surface area contributed by atoms with Crippen LogP contribution < -0.4 is 5.32 Å². The number of allylic oxidation sites excluding steroid dienone is 5. The molecule has 1 amide bonds. The van der Waals surface area contributed by atoms with E-state index >= 15 is 0 Å². The molecule has 1 saturated heterocycles. The summed E-state index contributed by atoms with van der Waals surface area (Å²) in [6.45, 7) is 11.7. The van der Waals surface area contributed by atoms with Gasteiger partial charge in [-0.25, -0.2) is 0 Å². The molecule has 3 heteroatoms. The molecule has 0 aromatic rings. The van der Waals surface area contributed by atoms with E-state index in [2.05, 4.69) is 25.1 Å². The SMILES string of the molecule is C=C/C=C\C(=C/C=C)N1CCC(=O)NC1=C. The van der Waals surface area contributed by atoms with Gasteiger partial charge in [0.05, 0.1) is 0 Å². The largest absolute Gasteiger partial charge is 0.328 e. The standard InChI is InChI=1S/C13H16N2O/c1-4-6-8-12(7-5-2)15-10-9-13(16)14-11(15)3/h4-8H,1-3,9-10H2,(H,14,16)/b8-6-,12-7+. The Labute approximate surface area is 96.1 Å². The summed E-state index contributed by atoms with van der Waals surface area (Å²) < 4.78 is 0. The molecule has 0 unspecified atom stereocenters. The summed E-state index contributed by atoms with van der Waals surface area (Å²) in [4.78, 5) is 13.1. The van der Waals surface area contributed by atoms with Crippen molar-refractivity contribution in [3.63, 3.8) is 0 Å². The van der Waals surface area contributed by atoms with Gasteiger partial charge in [0.2, 0.25) is 5.91 Å². The second kappa shape index (κ2) is 5.75. The average molecular weight is 216 g/mol. The van der Waals surface area contributed by atoms with Crippen LogP contribution in [0.2, 0.25) is 0 Å². The third-order valence-electron chi connectivity index (χ3n) is 2.18. The lowest BCUT2D eigenvalue weighted by Crippen LogP contribution is -2.41. The molecule has 1 N–H and O–H groups in total. The van der Waals surface area contributed by atoms with E-state index in [-0.39, 0.29) is 5.91 Å². The number of rotatable bonds is 4. The number of nitrogens with one attached hydrogen (secondary N) is 1. The minimum Gasteiger partial charge on any atom is -0.328 e. The highest BCUT2D eigenvalue weighted by Crippen LogP contribution is 2.16. The van der Waals surface area contributed by atoms with Gasteiger partial charge >= 0.3 is 0 Å². The Hall–Kier alpha value is -2.03. The fourth-order valence-corrected chi connectivity index (χ4v) is 1.45. The predicted molar refractivity (Wildman–Crippen MR) is 66.2 cm³/mol. The average Bonchev–Trinajstić information content (AvgIpc) is 2.25. The van der Waals surface area contributed by atoms with E-state index in [1.54, 1.807) is 12.2 Å². The molecule has 0 bridgehead atoms. The molecule has 0 atom stereocenters. The maximum absolute atomic E-state index is 11.1. The molecule has 0 saturated carbocycles. The number of hydrogen-bond acceptors (Lipinski definition) is 2. The summed E-state index contributed by atoms with van der Waals surface area (Å²) in [7, 11) is 0. The molecular formula is C13H16N2O. The minimum atomic E-state index is 0.00639. The van der Waals surface area contributed by atoms with E-state index in [1.807, 2.05) is 23.1 Å². The first-order chi connectivity index (χ1) is 7.69. The lowest BCUT2D eigenvalue weighted by Gasteiger charge is -2.31. The molecule has 1 aliphatic rings. The van der Waals surface area contributed by atoms with Crippen LogP contribution in [0.5, 0.6) is 0 Å². The Kier molecular flexibility index (Phi) is 4.33. The fourth-order valence-electron chi connectivity index (χ4n) is 1.45. The second-order valence-corrected chi connectivity index (χ2v) is 3.32. The van der Waals surface area contributed by atoms with Gasteiger partial charge < -0.3 is 10.2 Å². The summed E-state index contributed by atoms with van der Waals surface area (Å²) in [6, 6.07) is 0. The van der Waals surface area contributed by atoms with Crippen molar-refractivity contribution in [2.75, 3.05) is 6.54 Å². The molecular weight excluding hydrogens is 200 g/mol. The maximum Gasteiger partial charge on any atom is 0.227 e. The van der Waals surface area contributed by atoms with E-state index in [9.17, 15) is 4.79 Å². The Morgan fingerprint density at radius 1 is 1.38 bits per heavy atom. The Balaban J connectivity index is 2.86. The van der Waals surface area contributed by atoms with Crippen LogP contribution in [0.25, 0.3) is 0 Å². The summed E-state index contributed by atoms with van der Waals surface area (Å²) in [5, 5.41) is 2.70. The van der Waals surface area contributed by atoms with Gasteiger partial charge in [-0.3, -0.25) is 4.79 Å². The lowest BCUT2D eigenvalue weighted by atomic mass is 10.2. The van der Waals surface area contributed by atoms with Crippen LogP contribution in [0.3, 0.4) is 0 Å². The molecule has 1 fully saturated rings. The number of amides is 1. The van der Waals surface area contributed by atoms with Crippen molar-refractivity contribution >= 4 is 5.91 Å². The van der Waals surface area contributed by atoms with Gasteiger partial charge in [-0.15, -0.1) is 0 Å². The summed E-state index contributed by atoms with van der Waals surface area (Å²) in [6.07, 6.45) is 9.46. The zero-order chi connectivity index (χ0) is 12.0. The van der Waals surface area contributed by atoms with Crippen LogP contribution in [0.4, 0.5) is 0 Å². The van der Waals surface area contributed by atoms with Crippen molar-refractivity contribution < 1.29 is 4.79 Å². The number of carbonyl (C=O) groups is 1. The van der Waals surface area contributed by atoms with E-state index in [1.165, 1.54) is 0 Å². The van der Waals surface area contributed by atoms with Gasteiger partial charge in [0.1, 0.15) is 5.82 Å². The lowest BCUT2D eigenvalue weighted by molar-refractivity contribution is -0.122. The molecule has 16 heavy (non-hydrogen) atoms. The smallest absolute Gasteiger partial charge is 0.227 e. The molecule has 84 valence electrons. The van der Waals surface area contributed by atoms with Crippen LogP contribution in [-0.4, -0.2) is 17.4 Å². The van der Waals surface area contributed by atoms with Gasteiger partial charge in [0, 0.05) is 18.7 Å². The monoisotopic (exact) mass is 216 g/mol. The van der Waals surface area contributed by atoms with Gasteiger partial charge in [0.15, 0.2) is 0 Å². The van der Waals surface area contributed by atoms with Crippen LogP contribution >= 0.6 is 0 Å². The molecule has 1 heterocycles. The van der Waals surface area contributed by atoms with Crippen LogP contribution in [0, 0.1) is 0 Å². The highest BCUT2D eigenvalue weighted by atomic mass is 16.1. The first-order valence-corrected chi connectivity index (χ1v) is 5.07. The highest BCUT2D eigenvalue weighted by molar-refractivity contribution is 5.79. The Morgan fingerprint density at radius 2 is 2.12 bits per heavy atom. The van der Waals surface area contributed by atoms with Gasteiger partial charge in [-0.2, -0.15) is 0 Å². The third-order valence-corrected chi connectivity index (χ3v) is 2.18. The minimum absolute atomic E-state index is 0.00639. The van der Waals surface area contributed by atoms with E-state index < -0.39 is 0 Å². The molecule has 0 aromatic heterocycles. The molecule has 0 radical (unpaired) electrons. The Morgan fingerprint density at radius 3 is 2.69 bits per heavy atom. The van der Waals surface area contributed by atoms with Crippen molar-refractivity contribution in [2.45, 2.75) is 6.42 Å². The summed E-state index contributed by atoms with van der Waals surface area (Å²) in [5.74, 6) is 0.602. The number of nitrogens with zero attached hydrogens (tertiary/aromatic N) is 1. The number of hydrogen-bond donors (Lipinski definition) is 1. The van der Waals surface area contributed by atoms with Crippen molar-refractivity contribution in [3.05, 3.63) is 61.6 Å². The number of carbonyl (C=O) groups excluding carboxylic acids is 1. The van der Waals surface area contributed by atoms with Crippen LogP contribution in [0.1, 0.15) is 6.42 Å². The molecule has 0 aromatic carbocycles. The molecule has 1 aliphatic heterocycles. The van der Waals surface area contributed by atoms with Crippen LogP contribution in [-0.2, 0) is 4.79 Å². The first-order valence-electron chi connectivity index (χ1n) is 5.07. The third kappa shape index (κ3) is 2.98. The Bertz CT molecular complexity index is 377. The molecule has 0 spiro atoms. The van der Waals surface area contributed by atoms with Crippen molar-refractivity contribution in [1.82, 2.24) is 10.2 Å². The summed E-state index contributed by atoms with van der Waals surface area (Å²) in [5.41, 5.74) is 0.930. The van der Waals surface area contributed by atoms with E-state index in [0.717, 1.165) is 5.70 Å². The topological polar surface area (TPSA) is 32.3 Å². The molecule has 0 aliphatic carbocycles. The van der Waals surface area contributed by atoms with Crippen molar-refractivity contribution in [2.24, 2.45) is 0 Å². The van der Waals surface area contributed by atoms with Gasteiger partial charge in [0.25, 0.3) is 0 Å². The second-order valence-electron chi connectivity index (χ2n) is 3.32. The van der Waals surface area contributed by atoms with E-state index in [4.69, 9.17) is 0 Å². The highest BCUT2D eigenvalue weighted by Gasteiger charge is 2.19. The first kappa shape index (κ1) is 12.0. The fraction of sp³-hybridized carbons (Fsp3) is 0.154. The van der Waals surface area contributed by atoms with Crippen molar-refractivity contribution in [3.8, 4) is 0 Å². The van der Waals surface area contributed by atoms with Gasteiger partial charge in [-0.1, -0.05) is 38.0 Å². The zero-order valence-corrected chi connectivity index (χ0v) is 9.28. The maximum atomic E-state index is 11.1. The quantitative estimate of drug-likeness (QED) is 0.730. The van der Waals surface area contributed by atoms with Crippen LogP contribution in [0.15, 0.2) is 61.6 Å². The normalized spacial score (nSPS) is 17.5. The van der Waals surface area contributed by atoms with E-state index in [0.29, 0.717) is 18.8 Å². The molecule has 1 rings (SSSR count). The molecule has 3 nitrogen and oxygen atoms in total. The summed E-state index contributed by atoms with van der Waals surface area (Å²) >= 11 is 0. The zero-order valence-electron chi connectivity index (χ0n) is 9.28.